The molecule has 0 aliphatic heterocycles. The Kier molecular flexibility index (Phi) is 3.07. The first-order valence-electron chi connectivity index (χ1n) is 5.49. The van der Waals surface area contributed by atoms with Crippen molar-refractivity contribution in [3.8, 4) is 0 Å². The normalized spacial score (nSPS) is 11.2. The van der Waals surface area contributed by atoms with Gasteiger partial charge in [-0.1, -0.05) is 0 Å². The van der Waals surface area contributed by atoms with Gasteiger partial charge in [0.05, 0.1) is 18.1 Å². The number of nitrogens with one attached hydrogen (secondary N) is 2. The van der Waals surface area contributed by atoms with E-state index in [9.17, 15) is 0 Å². The number of hydrogen-bond donors (Lipinski definition) is 2. The van der Waals surface area contributed by atoms with Gasteiger partial charge < -0.3 is 5.32 Å². The molecule has 3 aromatic rings. The van der Waals surface area contributed by atoms with Gasteiger partial charge >= 0.3 is 0 Å². The molecule has 0 bridgehead atoms. The molecule has 0 amide bonds. The van der Waals surface area contributed by atoms with E-state index in [4.69, 9.17) is 0 Å². The van der Waals surface area contributed by atoms with Crippen LogP contribution in [0.2, 0.25) is 0 Å². The molecular weight excluding hydrogens is 296 g/mol. The highest BCUT2D eigenvalue weighted by Gasteiger charge is 2.04. The molecular formula is C11H11BrN6. The van der Waals surface area contributed by atoms with E-state index in [2.05, 4.69) is 41.4 Å². The quantitative estimate of drug-likeness (QED) is 0.766. The lowest BCUT2D eigenvalue weighted by Gasteiger charge is -2.03. The van der Waals surface area contributed by atoms with Crippen molar-refractivity contribution < 1.29 is 0 Å². The summed E-state index contributed by atoms with van der Waals surface area (Å²) in [6.07, 6.45) is 7.25. The zero-order valence-electron chi connectivity index (χ0n) is 9.47. The van der Waals surface area contributed by atoms with Crippen LogP contribution < -0.4 is 5.32 Å². The third kappa shape index (κ3) is 2.27. The minimum Gasteiger partial charge on any atom is -0.306 e. The molecule has 6 nitrogen and oxygen atoms in total. The number of imidazole rings is 1. The number of H-pyrrole nitrogens is 1. The number of halogens is 1. The Bertz CT molecular complexity index is 645. The summed E-state index contributed by atoms with van der Waals surface area (Å²) >= 11 is 3.36. The van der Waals surface area contributed by atoms with Gasteiger partial charge in [0.2, 0.25) is 0 Å². The highest BCUT2D eigenvalue weighted by Crippen LogP contribution is 2.10. The summed E-state index contributed by atoms with van der Waals surface area (Å²) in [6.45, 7) is 1.48. The summed E-state index contributed by atoms with van der Waals surface area (Å²) < 4.78 is 2.81. The van der Waals surface area contributed by atoms with Crippen molar-refractivity contribution in [3.05, 3.63) is 46.8 Å². The maximum atomic E-state index is 4.29. The second kappa shape index (κ2) is 4.87. The highest BCUT2D eigenvalue weighted by atomic mass is 79.9. The summed E-state index contributed by atoms with van der Waals surface area (Å²) in [5, 5.41) is 10.1. The third-order valence-electron chi connectivity index (χ3n) is 2.62. The Labute approximate surface area is 112 Å². The standard InChI is InChI=1S/C11H11BrN6/c12-10-7-18-9(5-15-11(18)6-14-10)4-13-3-8-1-2-16-17-8/h1-2,5-7,13H,3-4H2,(H,16,17). The maximum Gasteiger partial charge on any atom is 0.155 e. The number of rotatable bonds is 4. The van der Waals surface area contributed by atoms with E-state index in [0.717, 1.165) is 34.7 Å². The SMILES string of the molecule is Brc1cn2c(CNCc3ccn[nH]3)cnc2cn1. The molecule has 0 fully saturated rings. The fourth-order valence-electron chi connectivity index (χ4n) is 1.76. The topological polar surface area (TPSA) is 70.9 Å². The molecule has 0 aliphatic rings. The molecule has 0 saturated carbocycles. The van der Waals surface area contributed by atoms with E-state index in [1.165, 1.54) is 0 Å². The number of hydrogen-bond acceptors (Lipinski definition) is 4. The number of aromatic nitrogens is 5. The molecule has 2 N–H and O–H groups in total. The lowest BCUT2D eigenvalue weighted by molar-refractivity contribution is 0.661. The van der Waals surface area contributed by atoms with Crippen molar-refractivity contribution in [2.45, 2.75) is 13.1 Å². The van der Waals surface area contributed by atoms with Crippen LogP contribution in [0.4, 0.5) is 0 Å². The summed E-state index contributed by atoms with van der Waals surface area (Å²) in [6, 6.07) is 1.95. The molecule has 18 heavy (non-hydrogen) atoms. The van der Waals surface area contributed by atoms with Crippen molar-refractivity contribution in [2.24, 2.45) is 0 Å². The Morgan fingerprint density at radius 2 is 2.22 bits per heavy atom. The van der Waals surface area contributed by atoms with Gasteiger partial charge in [0.15, 0.2) is 5.65 Å². The molecule has 0 unspecified atom stereocenters. The van der Waals surface area contributed by atoms with E-state index < -0.39 is 0 Å². The lowest BCUT2D eigenvalue weighted by Crippen LogP contribution is -2.14. The molecule has 0 aromatic carbocycles. The molecule has 3 heterocycles. The number of aromatic amines is 1. The van der Waals surface area contributed by atoms with Crippen LogP contribution in [-0.2, 0) is 13.1 Å². The van der Waals surface area contributed by atoms with Gasteiger partial charge in [-0.3, -0.25) is 9.50 Å². The van der Waals surface area contributed by atoms with Gasteiger partial charge in [-0.05, 0) is 22.0 Å². The van der Waals surface area contributed by atoms with E-state index in [1.54, 1.807) is 12.4 Å². The van der Waals surface area contributed by atoms with Gasteiger partial charge in [-0.15, -0.1) is 0 Å². The molecule has 0 radical (unpaired) electrons. The van der Waals surface area contributed by atoms with Crippen LogP contribution in [-0.4, -0.2) is 24.6 Å². The molecule has 7 heteroatoms. The molecule has 3 aromatic heterocycles. The lowest BCUT2D eigenvalue weighted by atomic mass is 10.4. The summed E-state index contributed by atoms with van der Waals surface area (Å²) in [4.78, 5) is 8.44. The largest absolute Gasteiger partial charge is 0.306 e. The molecule has 0 spiro atoms. The van der Waals surface area contributed by atoms with Gasteiger partial charge in [0, 0.05) is 31.2 Å². The zero-order valence-corrected chi connectivity index (χ0v) is 11.1. The Hall–Kier alpha value is -1.73. The van der Waals surface area contributed by atoms with E-state index in [-0.39, 0.29) is 0 Å². The van der Waals surface area contributed by atoms with Crippen molar-refractivity contribution in [3.63, 3.8) is 0 Å². The van der Waals surface area contributed by atoms with Crippen LogP contribution in [0.1, 0.15) is 11.4 Å². The fraction of sp³-hybridized carbons (Fsp3) is 0.182. The summed E-state index contributed by atoms with van der Waals surface area (Å²) in [5.41, 5.74) is 3.00. The van der Waals surface area contributed by atoms with Crippen molar-refractivity contribution >= 4 is 21.6 Å². The van der Waals surface area contributed by atoms with E-state index in [1.807, 2.05) is 22.9 Å². The average molecular weight is 307 g/mol. The highest BCUT2D eigenvalue weighted by molar-refractivity contribution is 9.10. The van der Waals surface area contributed by atoms with E-state index in [0.29, 0.717) is 0 Å². The minimum absolute atomic E-state index is 0.733. The third-order valence-corrected chi connectivity index (χ3v) is 3.03. The predicted molar refractivity (Wildman–Crippen MR) is 69.8 cm³/mol. The molecule has 92 valence electrons. The first-order valence-corrected chi connectivity index (χ1v) is 6.29. The molecule has 0 atom stereocenters. The van der Waals surface area contributed by atoms with Gasteiger partial charge in [-0.25, -0.2) is 9.97 Å². The molecule has 0 aliphatic carbocycles. The second-order valence-electron chi connectivity index (χ2n) is 3.87. The number of fused-ring (bicyclic) bond motifs is 1. The monoisotopic (exact) mass is 306 g/mol. The predicted octanol–water partition coefficient (Wildman–Crippen LogP) is 1.50. The average Bonchev–Trinajstić information content (AvgIpc) is 2.99. The van der Waals surface area contributed by atoms with Crippen LogP contribution in [0, 0.1) is 0 Å². The maximum absolute atomic E-state index is 4.29. The van der Waals surface area contributed by atoms with Gasteiger partial charge in [0.1, 0.15) is 4.60 Å². The van der Waals surface area contributed by atoms with Crippen LogP contribution in [0.5, 0.6) is 0 Å². The smallest absolute Gasteiger partial charge is 0.155 e. The summed E-state index contributed by atoms with van der Waals surface area (Å²) in [7, 11) is 0. The molecule has 0 saturated heterocycles. The van der Waals surface area contributed by atoms with Gasteiger partial charge in [-0.2, -0.15) is 5.10 Å². The number of nitrogens with zero attached hydrogens (tertiary/aromatic N) is 4. The van der Waals surface area contributed by atoms with Crippen molar-refractivity contribution in [1.82, 2.24) is 29.9 Å². The van der Waals surface area contributed by atoms with Gasteiger partial charge in [0.25, 0.3) is 0 Å². The van der Waals surface area contributed by atoms with Crippen LogP contribution in [0.25, 0.3) is 5.65 Å². The van der Waals surface area contributed by atoms with Crippen LogP contribution in [0.3, 0.4) is 0 Å². The fourth-order valence-corrected chi connectivity index (χ4v) is 2.06. The zero-order chi connectivity index (χ0) is 12.4. The van der Waals surface area contributed by atoms with Crippen molar-refractivity contribution in [2.75, 3.05) is 0 Å². The second-order valence-corrected chi connectivity index (χ2v) is 4.69. The minimum atomic E-state index is 0.733. The Morgan fingerprint density at radius 1 is 1.28 bits per heavy atom. The molecule has 3 rings (SSSR count). The Morgan fingerprint density at radius 3 is 3.06 bits per heavy atom. The first-order chi connectivity index (χ1) is 8.83. The van der Waals surface area contributed by atoms with E-state index >= 15 is 0 Å². The van der Waals surface area contributed by atoms with Crippen LogP contribution >= 0.6 is 15.9 Å². The van der Waals surface area contributed by atoms with Crippen molar-refractivity contribution in [1.29, 1.82) is 0 Å². The first kappa shape index (κ1) is 11.4. The Balaban J connectivity index is 1.72. The summed E-state index contributed by atoms with van der Waals surface area (Å²) in [5.74, 6) is 0. The van der Waals surface area contributed by atoms with Crippen LogP contribution in [0.15, 0.2) is 35.5 Å².